The van der Waals surface area contributed by atoms with Crippen LogP contribution in [0.25, 0.3) is 11.5 Å². The monoisotopic (exact) mass is 643 g/mol. The highest BCUT2D eigenvalue weighted by atomic mass is 19.1. The molecule has 1 aliphatic carbocycles. The third-order valence-corrected chi connectivity index (χ3v) is 7.25. The number of rotatable bonds is 13. The number of aromatic nitrogens is 8. The van der Waals surface area contributed by atoms with E-state index in [2.05, 4.69) is 35.9 Å². The van der Waals surface area contributed by atoms with Gasteiger partial charge in [-0.1, -0.05) is 0 Å². The Kier molecular flexibility index (Phi) is 9.19. The summed E-state index contributed by atoms with van der Waals surface area (Å²) in [4.78, 5) is 38.7. The summed E-state index contributed by atoms with van der Waals surface area (Å²) in [5, 5.41) is 13.9. The molecule has 47 heavy (non-hydrogen) atoms. The summed E-state index contributed by atoms with van der Waals surface area (Å²) < 4.78 is 42.2. The number of hydrogen-bond donors (Lipinski definition) is 3. The van der Waals surface area contributed by atoms with Gasteiger partial charge in [-0.3, -0.25) is 9.48 Å². The number of amides is 1. The lowest BCUT2D eigenvalue weighted by Crippen LogP contribution is -2.20. The quantitative estimate of drug-likeness (QED) is 0.159. The van der Waals surface area contributed by atoms with Crippen LogP contribution in [-0.2, 0) is 16.1 Å². The molecule has 1 aromatic carbocycles. The zero-order chi connectivity index (χ0) is 32.9. The number of nitrogens with one attached hydrogen (secondary N) is 3. The molecule has 0 atom stereocenters. The minimum atomic E-state index is -0.732. The summed E-state index contributed by atoms with van der Waals surface area (Å²) in [5.74, 6) is -0.329. The average Bonchev–Trinajstić information content (AvgIpc) is 3.84. The molecule has 1 fully saturated rings. The van der Waals surface area contributed by atoms with E-state index >= 15 is 8.78 Å². The van der Waals surface area contributed by atoms with Crippen LogP contribution in [0.15, 0.2) is 49.3 Å². The second kappa shape index (κ2) is 13.8. The Labute approximate surface area is 268 Å². The van der Waals surface area contributed by atoms with Gasteiger partial charge in [-0.15, -0.1) is 0 Å². The lowest BCUT2D eigenvalue weighted by Gasteiger charge is -2.17. The van der Waals surface area contributed by atoms with Crippen LogP contribution >= 0.6 is 0 Å². The first-order valence-electron chi connectivity index (χ1n) is 14.8. The molecule has 14 nitrogen and oxygen atoms in total. The van der Waals surface area contributed by atoms with Crippen molar-refractivity contribution in [3.8, 4) is 17.3 Å². The van der Waals surface area contributed by atoms with Crippen molar-refractivity contribution in [2.75, 3.05) is 36.3 Å². The number of benzene rings is 1. The summed E-state index contributed by atoms with van der Waals surface area (Å²) in [6, 6.07) is 5.61. The lowest BCUT2D eigenvalue weighted by molar-refractivity contribution is -0.119. The van der Waals surface area contributed by atoms with E-state index in [1.807, 2.05) is 6.92 Å². The maximum Gasteiger partial charge on any atom is 0.250 e. The van der Waals surface area contributed by atoms with E-state index in [9.17, 15) is 4.79 Å². The fourth-order valence-corrected chi connectivity index (χ4v) is 5.05. The molecule has 5 aromatic rings. The van der Waals surface area contributed by atoms with Gasteiger partial charge in [-0.25, -0.2) is 38.7 Å². The van der Waals surface area contributed by atoms with Crippen molar-refractivity contribution in [2.45, 2.75) is 39.2 Å². The Morgan fingerprint density at radius 2 is 1.62 bits per heavy atom. The van der Waals surface area contributed by atoms with Crippen molar-refractivity contribution in [1.29, 1.82) is 0 Å². The molecule has 0 unspecified atom stereocenters. The van der Waals surface area contributed by atoms with Crippen molar-refractivity contribution in [3.05, 3.63) is 77.8 Å². The summed E-state index contributed by atoms with van der Waals surface area (Å²) in [6.07, 6.45) is 7.64. The van der Waals surface area contributed by atoms with Gasteiger partial charge in [-0.2, -0.15) is 5.10 Å². The second-order valence-corrected chi connectivity index (χ2v) is 10.6. The molecule has 4 aromatic heterocycles. The van der Waals surface area contributed by atoms with Gasteiger partial charge < -0.3 is 25.4 Å². The third kappa shape index (κ3) is 7.12. The minimum Gasteiger partial charge on any atom is -0.494 e. The molecule has 0 spiro atoms. The van der Waals surface area contributed by atoms with E-state index in [0.29, 0.717) is 17.3 Å². The largest absolute Gasteiger partial charge is 0.494 e. The van der Waals surface area contributed by atoms with Crippen LogP contribution in [0.4, 0.5) is 37.7 Å². The topological polar surface area (TPSA) is 167 Å². The van der Waals surface area contributed by atoms with E-state index in [1.165, 1.54) is 31.9 Å². The first kappa shape index (κ1) is 31.3. The highest BCUT2D eigenvalue weighted by Crippen LogP contribution is 2.44. The molecule has 0 aliphatic heterocycles. The van der Waals surface area contributed by atoms with Crippen molar-refractivity contribution in [1.82, 2.24) is 39.7 Å². The Hall–Kier alpha value is -5.64. The molecule has 1 amide bonds. The summed E-state index contributed by atoms with van der Waals surface area (Å²) >= 11 is 0. The van der Waals surface area contributed by atoms with Gasteiger partial charge in [-0.05, 0) is 38.8 Å². The van der Waals surface area contributed by atoms with E-state index in [0.717, 1.165) is 24.1 Å². The molecule has 3 N–H and O–H groups in total. The zero-order valence-electron chi connectivity index (χ0n) is 25.8. The fraction of sp³-hybridized carbons (Fsp3) is 0.290. The van der Waals surface area contributed by atoms with Gasteiger partial charge in [0.2, 0.25) is 0 Å². The van der Waals surface area contributed by atoms with E-state index in [-0.39, 0.29) is 60.1 Å². The van der Waals surface area contributed by atoms with Crippen LogP contribution < -0.4 is 20.7 Å². The van der Waals surface area contributed by atoms with E-state index in [4.69, 9.17) is 24.5 Å². The number of anilines is 5. The first-order valence-corrected chi connectivity index (χ1v) is 14.8. The number of halogens is 2. The zero-order valence-corrected chi connectivity index (χ0v) is 25.8. The molecular weight excluding hydrogens is 612 g/mol. The second-order valence-electron chi connectivity index (χ2n) is 10.6. The summed E-state index contributed by atoms with van der Waals surface area (Å²) in [7, 11) is 1.40. The number of carbonyl (C=O) groups excluding carboxylic acids is 1. The highest BCUT2D eigenvalue weighted by Gasteiger charge is 2.33. The van der Waals surface area contributed by atoms with Crippen molar-refractivity contribution in [2.24, 2.45) is 0 Å². The van der Waals surface area contributed by atoms with Crippen molar-refractivity contribution >= 4 is 34.9 Å². The fourth-order valence-electron chi connectivity index (χ4n) is 5.05. The van der Waals surface area contributed by atoms with Crippen LogP contribution in [-0.4, -0.2) is 65.9 Å². The number of carbonyl (C=O) groups is 1. The molecule has 1 saturated carbocycles. The highest BCUT2D eigenvalue weighted by molar-refractivity contribution is 5.99. The predicted octanol–water partition coefficient (Wildman–Crippen LogP) is 4.90. The summed E-state index contributed by atoms with van der Waals surface area (Å²) in [6.45, 7) is 3.52. The van der Waals surface area contributed by atoms with Gasteiger partial charge in [0.1, 0.15) is 59.7 Å². The molecule has 4 heterocycles. The lowest BCUT2D eigenvalue weighted by atomic mass is 10.1. The molecule has 0 bridgehead atoms. The van der Waals surface area contributed by atoms with Crippen molar-refractivity contribution in [3.63, 3.8) is 0 Å². The van der Waals surface area contributed by atoms with Crippen LogP contribution in [0.2, 0.25) is 0 Å². The Bertz CT molecular complexity index is 1800. The maximum absolute atomic E-state index is 15.2. The van der Waals surface area contributed by atoms with Gasteiger partial charge in [0.05, 0.1) is 13.2 Å². The first-order chi connectivity index (χ1) is 22.8. The van der Waals surface area contributed by atoms with E-state index < -0.39 is 17.5 Å². The van der Waals surface area contributed by atoms with Gasteiger partial charge in [0.15, 0.2) is 17.5 Å². The predicted molar refractivity (Wildman–Crippen MR) is 168 cm³/mol. The van der Waals surface area contributed by atoms with Crippen LogP contribution in [0, 0.1) is 18.6 Å². The molecular formula is C31H31F2N11O3. The Morgan fingerprint density at radius 1 is 1.00 bits per heavy atom. The van der Waals surface area contributed by atoms with Crippen LogP contribution in [0.5, 0.6) is 5.75 Å². The van der Waals surface area contributed by atoms with Crippen LogP contribution in [0.3, 0.4) is 0 Å². The maximum atomic E-state index is 15.2. The molecule has 6 rings (SSSR count). The molecule has 1 aliphatic rings. The third-order valence-electron chi connectivity index (χ3n) is 7.25. The standard InChI is InChI=1S/C31H31F2N11O3/c1-4-47-19-11-21(32)20(22(33)12-19)13-44-28(18-5-6-18)17(2)26(43-44)29-41-30(38-23-7-9-34-15-36-23)27(40-25(45)14-46-3)31(42-29)39-24-8-10-35-16-37-24/h7-12,15-16,18H,4-6,13-14H2,1-3H3,(H,40,45)(H2,34,35,36,37,38,39,41,42). The smallest absolute Gasteiger partial charge is 0.250 e. The Balaban J connectivity index is 1.48. The number of methoxy groups -OCH3 is 1. The minimum absolute atomic E-state index is 0.115. The number of nitrogens with zero attached hydrogens (tertiary/aromatic N) is 8. The van der Waals surface area contributed by atoms with Gasteiger partial charge in [0, 0.05) is 54.4 Å². The average molecular weight is 644 g/mol. The number of ether oxygens (including phenoxy) is 2. The Morgan fingerprint density at radius 3 is 2.13 bits per heavy atom. The van der Waals surface area contributed by atoms with E-state index in [1.54, 1.807) is 36.1 Å². The molecule has 0 radical (unpaired) electrons. The van der Waals surface area contributed by atoms with Gasteiger partial charge >= 0.3 is 0 Å². The molecule has 242 valence electrons. The van der Waals surface area contributed by atoms with Crippen LogP contribution in [0.1, 0.15) is 42.5 Å². The van der Waals surface area contributed by atoms with Crippen molar-refractivity contribution < 1.29 is 23.0 Å². The normalized spacial score (nSPS) is 12.5. The number of hydrogen-bond acceptors (Lipinski definition) is 12. The molecule has 16 heteroatoms. The molecule has 0 saturated heterocycles. The SMILES string of the molecule is CCOc1cc(F)c(Cn2nc(-c3nc(Nc4ccncn4)c(NC(=O)COC)c(Nc4ccncn4)n3)c(C)c2C2CC2)c(F)c1. The summed E-state index contributed by atoms with van der Waals surface area (Å²) in [5.41, 5.74) is 2.04. The van der Waals surface area contributed by atoms with Gasteiger partial charge in [0.25, 0.3) is 5.91 Å².